The smallest absolute Gasteiger partial charge is 0.128 e. The lowest BCUT2D eigenvalue weighted by atomic mass is 10.3. The van der Waals surface area contributed by atoms with Crippen molar-refractivity contribution in [3.05, 3.63) is 22.8 Å². The minimum atomic E-state index is 0.716. The quantitative estimate of drug-likeness (QED) is 0.845. The van der Waals surface area contributed by atoms with E-state index in [1.54, 1.807) is 0 Å². The van der Waals surface area contributed by atoms with Crippen LogP contribution in [0.25, 0.3) is 0 Å². The van der Waals surface area contributed by atoms with E-state index >= 15 is 0 Å². The van der Waals surface area contributed by atoms with Gasteiger partial charge in [-0.1, -0.05) is 11.6 Å². The van der Waals surface area contributed by atoms with Crippen molar-refractivity contribution in [2.24, 2.45) is 5.92 Å². The molecule has 0 aromatic carbocycles. The highest BCUT2D eigenvalue weighted by atomic mass is 35.5. The average molecular weight is 254 g/mol. The second-order valence-corrected chi connectivity index (χ2v) is 5.02. The number of halogens is 1. The first-order chi connectivity index (χ1) is 8.24. The highest BCUT2D eigenvalue weighted by Gasteiger charge is 2.24. The van der Waals surface area contributed by atoms with Gasteiger partial charge < -0.3 is 10.2 Å². The number of anilines is 1. The minimum Gasteiger partial charge on any atom is -0.357 e. The molecule has 0 radical (unpaired) electrons. The third-order valence-electron chi connectivity index (χ3n) is 3.13. The highest BCUT2D eigenvalue weighted by molar-refractivity contribution is 6.31. The summed E-state index contributed by atoms with van der Waals surface area (Å²) in [7, 11) is 1.91. The summed E-state index contributed by atoms with van der Waals surface area (Å²) in [6.07, 6.45) is 2.74. The number of nitrogens with one attached hydrogen (secondary N) is 1. The molecular formula is C13H20ClN3. The van der Waals surface area contributed by atoms with E-state index in [9.17, 15) is 0 Å². The molecule has 0 spiro atoms. The van der Waals surface area contributed by atoms with Crippen LogP contribution in [-0.4, -0.2) is 25.1 Å². The Hall–Kier alpha value is -0.800. The molecule has 1 heterocycles. The van der Waals surface area contributed by atoms with Crippen LogP contribution < -0.4 is 10.2 Å². The summed E-state index contributed by atoms with van der Waals surface area (Å²) >= 11 is 6.12. The summed E-state index contributed by atoms with van der Waals surface area (Å²) in [5, 5.41) is 3.84. The van der Waals surface area contributed by atoms with Crippen molar-refractivity contribution in [2.75, 3.05) is 25.0 Å². The van der Waals surface area contributed by atoms with Gasteiger partial charge in [0.05, 0.1) is 10.7 Å². The molecule has 0 aliphatic heterocycles. The third kappa shape index (κ3) is 3.33. The standard InChI is InChI=1S/C13H20ClN3/c1-3-17(9-10-4-5-10)13-7-6-11(14)12(16-13)8-15-2/h6-7,10,15H,3-5,8-9H2,1-2H3. The Balaban J connectivity index is 2.14. The van der Waals surface area contributed by atoms with E-state index in [1.807, 2.05) is 19.2 Å². The molecular weight excluding hydrogens is 234 g/mol. The topological polar surface area (TPSA) is 28.2 Å². The van der Waals surface area contributed by atoms with Gasteiger partial charge in [0.15, 0.2) is 0 Å². The molecule has 4 heteroatoms. The van der Waals surface area contributed by atoms with Crippen molar-refractivity contribution in [1.29, 1.82) is 0 Å². The molecule has 3 nitrogen and oxygen atoms in total. The van der Waals surface area contributed by atoms with E-state index in [1.165, 1.54) is 12.8 Å². The van der Waals surface area contributed by atoms with Crippen LogP contribution in [0.15, 0.2) is 12.1 Å². The van der Waals surface area contributed by atoms with Crippen molar-refractivity contribution >= 4 is 17.4 Å². The molecule has 0 atom stereocenters. The molecule has 0 saturated heterocycles. The number of pyridine rings is 1. The lowest BCUT2D eigenvalue weighted by molar-refractivity contribution is 0.723. The van der Waals surface area contributed by atoms with Gasteiger partial charge in [-0.25, -0.2) is 4.98 Å². The van der Waals surface area contributed by atoms with Crippen molar-refractivity contribution in [2.45, 2.75) is 26.3 Å². The van der Waals surface area contributed by atoms with E-state index in [4.69, 9.17) is 11.6 Å². The fourth-order valence-corrected chi connectivity index (χ4v) is 2.11. The Labute approximate surface area is 108 Å². The molecule has 1 fully saturated rings. The molecule has 1 aromatic heterocycles. The van der Waals surface area contributed by atoms with Gasteiger partial charge in [-0.15, -0.1) is 0 Å². The normalized spacial score (nSPS) is 15.0. The summed E-state index contributed by atoms with van der Waals surface area (Å²) in [5.74, 6) is 1.93. The Morgan fingerprint density at radius 2 is 2.24 bits per heavy atom. The zero-order valence-corrected chi connectivity index (χ0v) is 11.3. The number of hydrogen-bond donors (Lipinski definition) is 1. The Morgan fingerprint density at radius 1 is 1.47 bits per heavy atom. The maximum Gasteiger partial charge on any atom is 0.128 e. The fourth-order valence-electron chi connectivity index (χ4n) is 1.94. The zero-order chi connectivity index (χ0) is 12.3. The molecule has 1 aromatic rings. The van der Waals surface area contributed by atoms with Crippen LogP contribution >= 0.6 is 11.6 Å². The molecule has 0 amide bonds. The highest BCUT2D eigenvalue weighted by Crippen LogP contribution is 2.31. The first-order valence-electron chi connectivity index (χ1n) is 6.29. The van der Waals surface area contributed by atoms with E-state index in [2.05, 4.69) is 22.1 Å². The zero-order valence-electron chi connectivity index (χ0n) is 10.5. The maximum absolute atomic E-state index is 6.12. The minimum absolute atomic E-state index is 0.716. The lowest BCUT2D eigenvalue weighted by Gasteiger charge is -2.22. The molecule has 0 bridgehead atoms. The summed E-state index contributed by atoms with van der Waals surface area (Å²) in [5.41, 5.74) is 0.931. The Kier molecular flexibility index (Phi) is 4.24. The van der Waals surface area contributed by atoms with Crippen molar-refractivity contribution < 1.29 is 0 Å². The SMILES string of the molecule is CCN(CC1CC1)c1ccc(Cl)c(CNC)n1. The number of aromatic nitrogens is 1. The van der Waals surface area contributed by atoms with Gasteiger partial charge in [0.25, 0.3) is 0 Å². The third-order valence-corrected chi connectivity index (χ3v) is 3.47. The summed E-state index contributed by atoms with van der Waals surface area (Å²) in [6, 6.07) is 3.97. The van der Waals surface area contributed by atoms with Crippen LogP contribution in [0.4, 0.5) is 5.82 Å². The number of rotatable bonds is 6. The Morgan fingerprint density at radius 3 is 2.82 bits per heavy atom. The van der Waals surface area contributed by atoms with Gasteiger partial charge in [0.1, 0.15) is 5.82 Å². The second-order valence-electron chi connectivity index (χ2n) is 4.61. The van der Waals surface area contributed by atoms with Gasteiger partial charge in [-0.05, 0) is 44.9 Å². The molecule has 17 heavy (non-hydrogen) atoms. The second kappa shape index (κ2) is 5.69. The monoisotopic (exact) mass is 253 g/mol. The van der Waals surface area contributed by atoms with Crippen molar-refractivity contribution in [1.82, 2.24) is 10.3 Å². The number of hydrogen-bond acceptors (Lipinski definition) is 3. The van der Waals surface area contributed by atoms with E-state index in [0.29, 0.717) is 6.54 Å². The summed E-state index contributed by atoms with van der Waals surface area (Å²) in [6.45, 7) is 5.03. The van der Waals surface area contributed by atoms with Crippen LogP contribution in [0.1, 0.15) is 25.5 Å². The molecule has 1 aliphatic carbocycles. The largest absolute Gasteiger partial charge is 0.357 e. The molecule has 1 aliphatic rings. The van der Waals surface area contributed by atoms with Crippen LogP contribution in [-0.2, 0) is 6.54 Å². The van der Waals surface area contributed by atoms with Gasteiger partial charge in [0, 0.05) is 19.6 Å². The van der Waals surface area contributed by atoms with Crippen LogP contribution in [0.5, 0.6) is 0 Å². The summed E-state index contributed by atoms with van der Waals surface area (Å²) < 4.78 is 0. The predicted molar refractivity (Wildman–Crippen MR) is 72.6 cm³/mol. The van der Waals surface area contributed by atoms with Crippen molar-refractivity contribution in [3.63, 3.8) is 0 Å². The summed E-state index contributed by atoms with van der Waals surface area (Å²) in [4.78, 5) is 6.99. The molecule has 94 valence electrons. The molecule has 1 saturated carbocycles. The molecule has 0 unspecified atom stereocenters. The van der Waals surface area contributed by atoms with E-state index in [-0.39, 0.29) is 0 Å². The molecule has 1 N–H and O–H groups in total. The van der Waals surface area contributed by atoms with E-state index in [0.717, 1.165) is 35.5 Å². The van der Waals surface area contributed by atoms with Crippen LogP contribution in [0.2, 0.25) is 5.02 Å². The first-order valence-corrected chi connectivity index (χ1v) is 6.67. The lowest BCUT2D eigenvalue weighted by Crippen LogP contribution is -2.26. The maximum atomic E-state index is 6.12. The van der Waals surface area contributed by atoms with Gasteiger partial charge in [-0.3, -0.25) is 0 Å². The van der Waals surface area contributed by atoms with Crippen LogP contribution in [0, 0.1) is 5.92 Å². The Bertz CT molecular complexity index is 377. The molecule has 2 rings (SSSR count). The van der Waals surface area contributed by atoms with Gasteiger partial charge in [-0.2, -0.15) is 0 Å². The van der Waals surface area contributed by atoms with E-state index < -0.39 is 0 Å². The average Bonchev–Trinajstić information content (AvgIpc) is 3.13. The van der Waals surface area contributed by atoms with Gasteiger partial charge >= 0.3 is 0 Å². The van der Waals surface area contributed by atoms with Gasteiger partial charge in [0.2, 0.25) is 0 Å². The van der Waals surface area contributed by atoms with Crippen molar-refractivity contribution in [3.8, 4) is 0 Å². The first kappa shape index (κ1) is 12.7. The van der Waals surface area contributed by atoms with Crippen LogP contribution in [0.3, 0.4) is 0 Å². The predicted octanol–water partition coefficient (Wildman–Crippen LogP) is 2.69. The fraction of sp³-hybridized carbons (Fsp3) is 0.615. The number of nitrogens with zero attached hydrogens (tertiary/aromatic N) is 2.